The summed E-state index contributed by atoms with van der Waals surface area (Å²) in [6.45, 7) is 0.220. The number of furan rings is 1. The summed E-state index contributed by atoms with van der Waals surface area (Å²) < 4.78 is 5.04. The van der Waals surface area contributed by atoms with Crippen LogP contribution in [0.2, 0.25) is 0 Å². The summed E-state index contributed by atoms with van der Waals surface area (Å²) in [5, 5.41) is 5.39. The number of aromatic nitrogens is 1. The van der Waals surface area contributed by atoms with Crippen molar-refractivity contribution >= 4 is 17.5 Å². The fourth-order valence-corrected chi connectivity index (χ4v) is 2.24. The largest absolute Gasteiger partial charge is 0.459 e. The molecule has 3 aromatic rings. The highest BCUT2D eigenvalue weighted by Crippen LogP contribution is 2.12. The van der Waals surface area contributed by atoms with Gasteiger partial charge in [-0.1, -0.05) is 12.1 Å². The zero-order valence-corrected chi connectivity index (χ0v) is 13.1. The molecule has 0 spiro atoms. The Hall–Kier alpha value is -3.61. The van der Waals surface area contributed by atoms with Crippen LogP contribution in [0.5, 0.6) is 0 Å². The van der Waals surface area contributed by atoms with Crippen molar-refractivity contribution in [2.45, 2.75) is 6.54 Å². The van der Waals surface area contributed by atoms with Gasteiger partial charge in [0, 0.05) is 18.4 Å². The van der Waals surface area contributed by atoms with Gasteiger partial charge in [0.15, 0.2) is 5.76 Å². The summed E-state index contributed by atoms with van der Waals surface area (Å²) >= 11 is 0. The highest BCUT2D eigenvalue weighted by molar-refractivity contribution is 6.02. The Balaban J connectivity index is 1.64. The van der Waals surface area contributed by atoms with E-state index in [2.05, 4.69) is 15.6 Å². The maximum absolute atomic E-state index is 12.0. The van der Waals surface area contributed by atoms with Gasteiger partial charge in [0.25, 0.3) is 17.4 Å². The number of benzene rings is 1. The van der Waals surface area contributed by atoms with Crippen molar-refractivity contribution in [3.63, 3.8) is 0 Å². The van der Waals surface area contributed by atoms with E-state index < -0.39 is 11.5 Å². The zero-order chi connectivity index (χ0) is 17.6. The third-order valence-corrected chi connectivity index (χ3v) is 3.45. The van der Waals surface area contributed by atoms with Crippen molar-refractivity contribution in [2.75, 3.05) is 5.32 Å². The second kappa shape index (κ2) is 7.31. The lowest BCUT2D eigenvalue weighted by Crippen LogP contribution is -2.28. The summed E-state index contributed by atoms with van der Waals surface area (Å²) in [4.78, 5) is 38.0. The summed E-state index contributed by atoms with van der Waals surface area (Å²) in [5.74, 6) is -0.615. The quantitative estimate of drug-likeness (QED) is 0.663. The predicted molar refractivity (Wildman–Crippen MR) is 91.3 cm³/mol. The third kappa shape index (κ3) is 4.03. The first-order valence-electron chi connectivity index (χ1n) is 7.53. The lowest BCUT2D eigenvalue weighted by atomic mass is 10.2. The van der Waals surface area contributed by atoms with Gasteiger partial charge in [-0.05, 0) is 42.0 Å². The van der Waals surface area contributed by atoms with Crippen LogP contribution in [0.4, 0.5) is 5.69 Å². The molecule has 0 radical (unpaired) electrons. The molecule has 3 N–H and O–H groups in total. The molecule has 0 atom stereocenters. The molecule has 2 aromatic heterocycles. The van der Waals surface area contributed by atoms with Gasteiger partial charge < -0.3 is 20.0 Å². The second-order valence-electron chi connectivity index (χ2n) is 5.23. The fraction of sp³-hybridized carbons (Fsp3) is 0.0556. The Labute approximate surface area is 142 Å². The number of hydrogen-bond acceptors (Lipinski definition) is 4. The van der Waals surface area contributed by atoms with Gasteiger partial charge in [-0.15, -0.1) is 0 Å². The van der Waals surface area contributed by atoms with Crippen molar-refractivity contribution in [2.24, 2.45) is 0 Å². The van der Waals surface area contributed by atoms with Crippen molar-refractivity contribution < 1.29 is 14.0 Å². The highest BCUT2D eigenvalue weighted by Gasteiger charge is 2.11. The average molecular weight is 337 g/mol. The lowest BCUT2D eigenvalue weighted by Gasteiger charge is -2.08. The number of aromatic amines is 1. The monoisotopic (exact) mass is 337 g/mol. The van der Waals surface area contributed by atoms with Crippen molar-refractivity contribution in [1.29, 1.82) is 0 Å². The maximum Gasteiger partial charge on any atom is 0.291 e. The summed E-state index contributed by atoms with van der Waals surface area (Å²) in [6.07, 6.45) is 2.89. The molecule has 126 valence electrons. The van der Waals surface area contributed by atoms with Crippen LogP contribution >= 0.6 is 0 Å². The predicted octanol–water partition coefficient (Wildman–Crippen LogP) is 2.15. The number of carbonyl (C=O) groups is 2. The molecule has 7 nitrogen and oxygen atoms in total. The first-order chi connectivity index (χ1) is 12.1. The standard InChI is InChI=1S/C18H15N3O4/c22-16-14(6-2-8-19-16)17(23)20-11-12-4-1-5-13(10-12)21-18(24)15-7-3-9-25-15/h1-10H,11H2,(H,19,22)(H,20,23)(H,21,24). The Kier molecular flexibility index (Phi) is 4.75. The number of rotatable bonds is 5. The molecule has 2 heterocycles. The fourth-order valence-electron chi connectivity index (χ4n) is 2.24. The Bertz CT molecular complexity index is 945. The summed E-state index contributed by atoms with van der Waals surface area (Å²) in [7, 11) is 0. The molecule has 0 saturated heterocycles. The van der Waals surface area contributed by atoms with Crippen LogP contribution in [-0.2, 0) is 6.54 Å². The van der Waals surface area contributed by atoms with E-state index in [0.29, 0.717) is 5.69 Å². The SMILES string of the molecule is O=C(Nc1cccc(CNC(=O)c2ccc[nH]c2=O)c1)c1ccco1. The van der Waals surface area contributed by atoms with Crippen LogP contribution in [-0.4, -0.2) is 16.8 Å². The van der Waals surface area contributed by atoms with E-state index >= 15 is 0 Å². The number of H-pyrrole nitrogens is 1. The van der Waals surface area contributed by atoms with Crippen molar-refractivity contribution in [3.05, 3.63) is 88.2 Å². The molecule has 0 saturated carbocycles. The molecule has 0 bridgehead atoms. The van der Waals surface area contributed by atoms with Crippen LogP contribution in [0.1, 0.15) is 26.5 Å². The van der Waals surface area contributed by atoms with Crippen LogP contribution < -0.4 is 16.2 Å². The second-order valence-corrected chi connectivity index (χ2v) is 5.23. The molecular formula is C18H15N3O4. The molecule has 0 fully saturated rings. The molecule has 0 unspecified atom stereocenters. The maximum atomic E-state index is 12.0. The number of anilines is 1. The molecular weight excluding hydrogens is 322 g/mol. The van der Waals surface area contributed by atoms with E-state index in [9.17, 15) is 14.4 Å². The van der Waals surface area contributed by atoms with Crippen LogP contribution in [0, 0.1) is 0 Å². The van der Waals surface area contributed by atoms with Crippen LogP contribution in [0.3, 0.4) is 0 Å². The van der Waals surface area contributed by atoms with Gasteiger partial charge in [0.2, 0.25) is 0 Å². The smallest absolute Gasteiger partial charge is 0.291 e. The average Bonchev–Trinajstić information content (AvgIpc) is 3.15. The molecule has 0 aliphatic rings. The number of hydrogen-bond donors (Lipinski definition) is 3. The van der Waals surface area contributed by atoms with Gasteiger partial charge in [-0.2, -0.15) is 0 Å². The van der Waals surface area contributed by atoms with Gasteiger partial charge in [0.05, 0.1) is 6.26 Å². The molecule has 25 heavy (non-hydrogen) atoms. The molecule has 0 aliphatic heterocycles. The first kappa shape index (κ1) is 16.3. The first-order valence-corrected chi connectivity index (χ1v) is 7.53. The topological polar surface area (TPSA) is 104 Å². The van der Waals surface area contributed by atoms with E-state index in [1.165, 1.54) is 18.5 Å². The third-order valence-electron chi connectivity index (χ3n) is 3.45. The normalized spacial score (nSPS) is 10.2. The number of nitrogens with one attached hydrogen (secondary N) is 3. The van der Waals surface area contributed by atoms with E-state index in [4.69, 9.17) is 4.42 Å². The minimum Gasteiger partial charge on any atom is -0.459 e. The molecule has 3 rings (SSSR count). The number of pyridine rings is 1. The molecule has 0 aliphatic carbocycles. The number of carbonyl (C=O) groups excluding carboxylic acids is 2. The Morgan fingerprint density at radius 1 is 1.04 bits per heavy atom. The molecule has 1 aromatic carbocycles. The Morgan fingerprint density at radius 3 is 2.68 bits per heavy atom. The van der Waals surface area contributed by atoms with Gasteiger partial charge in [0.1, 0.15) is 5.56 Å². The van der Waals surface area contributed by atoms with Crippen molar-refractivity contribution in [3.8, 4) is 0 Å². The van der Waals surface area contributed by atoms with E-state index in [1.807, 2.05) is 0 Å². The summed E-state index contributed by atoms with van der Waals surface area (Å²) in [6, 6.07) is 13.3. The van der Waals surface area contributed by atoms with E-state index in [0.717, 1.165) is 5.56 Å². The lowest BCUT2D eigenvalue weighted by molar-refractivity contribution is 0.0948. The molecule has 7 heteroatoms. The van der Waals surface area contributed by atoms with Gasteiger partial charge in [-0.25, -0.2) is 0 Å². The zero-order valence-electron chi connectivity index (χ0n) is 13.1. The minimum atomic E-state index is -0.466. The Morgan fingerprint density at radius 2 is 1.92 bits per heavy atom. The van der Waals surface area contributed by atoms with Gasteiger partial charge >= 0.3 is 0 Å². The minimum absolute atomic E-state index is 0.0461. The number of amides is 2. The highest BCUT2D eigenvalue weighted by atomic mass is 16.3. The molecule has 2 amide bonds. The van der Waals surface area contributed by atoms with Crippen LogP contribution in [0.25, 0.3) is 0 Å². The van der Waals surface area contributed by atoms with E-state index in [1.54, 1.807) is 42.5 Å². The summed E-state index contributed by atoms with van der Waals surface area (Å²) in [5.41, 5.74) is 0.952. The van der Waals surface area contributed by atoms with Crippen LogP contribution in [0.15, 0.2) is 70.2 Å². The van der Waals surface area contributed by atoms with Crippen molar-refractivity contribution in [1.82, 2.24) is 10.3 Å². The van der Waals surface area contributed by atoms with E-state index in [-0.39, 0.29) is 23.8 Å². The van der Waals surface area contributed by atoms with Gasteiger partial charge in [-0.3, -0.25) is 14.4 Å².